The van der Waals surface area contributed by atoms with Crippen molar-refractivity contribution in [1.29, 1.82) is 0 Å². The van der Waals surface area contributed by atoms with Gasteiger partial charge in [0.05, 0.1) is 31.0 Å². The number of likely N-dealkylation sites (tertiary alicyclic amines) is 1. The van der Waals surface area contributed by atoms with Crippen LogP contribution in [0.25, 0.3) is 0 Å². The van der Waals surface area contributed by atoms with E-state index in [2.05, 4.69) is 0 Å². The molecule has 1 fully saturated rings. The molecule has 0 N–H and O–H groups in total. The third-order valence-electron chi connectivity index (χ3n) is 4.68. The van der Waals surface area contributed by atoms with Gasteiger partial charge in [-0.15, -0.1) is 0 Å². The monoisotopic (exact) mass is 380 g/mol. The molecule has 1 saturated heterocycles. The number of nitrogens with zero attached hydrogens (tertiary/aromatic N) is 2. The van der Waals surface area contributed by atoms with Crippen LogP contribution >= 0.6 is 0 Å². The molecular weight excluding hydrogens is 352 g/mol. The third-order valence-corrected chi connectivity index (χ3v) is 4.68. The van der Waals surface area contributed by atoms with E-state index < -0.39 is 0 Å². The van der Waals surface area contributed by atoms with Crippen LogP contribution in [0, 0.1) is 5.92 Å². The first-order valence-corrected chi connectivity index (χ1v) is 9.31. The minimum Gasteiger partial charge on any atom is -0.472 e. The van der Waals surface area contributed by atoms with Crippen LogP contribution in [0.15, 0.2) is 23.0 Å². The van der Waals surface area contributed by atoms with E-state index in [0.717, 1.165) is 0 Å². The van der Waals surface area contributed by atoms with Crippen molar-refractivity contribution in [2.24, 2.45) is 5.92 Å². The highest BCUT2D eigenvalue weighted by Crippen LogP contribution is 2.19. The van der Waals surface area contributed by atoms with Gasteiger partial charge in [0.1, 0.15) is 6.26 Å². The second-order valence-corrected chi connectivity index (χ2v) is 6.45. The summed E-state index contributed by atoms with van der Waals surface area (Å²) in [6.07, 6.45) is 4.31. The zero-order valence-corrected chi connectivity index (χ0v) is 16.0. The molecule has 0 radical (unpaired) electrons. The van der Waals surface area contributed by atoms with Crippen molar-refractivity contribution in [3.63, 3.8) is 0 Å². The number of ether oxygens (including phenoxy) is 2. The van der Waals surface area contributed by atoms with Gasteiger partial charge in [-0.1, -0.05) is 0 Å². The van der Waals surface area contributed by atoms with Crippen LogP contribution in [-0.4, -0.2) is 74.1 Å². The van der Waals surface area contributed by atoms with E-state index >= 15 is 0 Å². The summed E-state index contributed by atoms with van der Waals surface area (Å²) in [6, 6.07) is 1.60. The van der Waals surface area contributed by atoms with Gasteiger partial charge in [0.2, 0.25) is 5.91 Å². The van der Waals surface area contributed by atoms with Gasteiger partial charge in [-0.25, -0.2) is 0 Å². The summed E-state index contributed by atoms with van der Waals surface area (Å²) in [7, 11) is 1.57. The van der Waals surface area contributed by atoms with Crippen molar-refractivity contribution >= 4 is 17.8 Å². The molecular formula is C19H28N2O6. The molecule has 27 heavy (non-hydrogen) atoms. The first-order chi connectivity index (χ1) is 13.1. The molecule has 2 amide bonds. The summed E-state index contributed by atoms with van der Waals surface area (Å²) < 4.78 is 15.1. The highest BCUT2D eigenvalue weighted by molar-refractivity contribution is 5.94. The third kappa shape index (κ3) is 6.09. The van der Waals surface area contributed by atoms with Crippen molar-refractivity contribution in [3.05, 3.63) is 24.2 Å². The number of carbonyl (C=O) groups excluding carboxylic acids is 3. The molecule has 1 aromatic rings. The molecule has 0 unspecified atom stereocenters. The number of rotatable bonds is 9. The fourth-order valence-electron chi connectivity index (χ4n) is 3.10. The Hall–Kier alpha value is -2.35. The van der Waals surface area contributed by atoms with E-state index in [1.807, 2.05) is 0 Å². The first-order valence-electron chi connectivity index (χ1n) is 9.31. The number of esters is 1. The van der Waals surface area contributed by atoms with Gasteiger partial charge >= 0.3 is 5.97 Å². The Labute approximate surface area is 159 Å². The highest BCUT2D eigenvalue weighted by atomic mass is 16.5. The maximum absolute atomic E-state index is 12.5. The van der Waals surface area contributed by atoms with Gasteiger partial charge in [0.25, 0.3) is 5.91 Å². The van der Waals surface area contributed by atoms with Crippen LogP contribution < -0.4 is 0 Å². The lowest BCUT2D eigenvalue weighted by Gasteiger charge is -2.31. The van der Waals surface area contributed by atoms with Crippen molar-refractivity contribution in [2.45, 2.75) is 26.2 Å². The Morgan fingerprint density at radius 3 is 2.59 bits per heavy atom. The molecule has 0 saturated carbocycles. The van der Waals surface area contributed by atoms with Crippen LogP contribution in [-0.2, 0) is 19.1 Å². The van der Waals surface area contributed by atoms with Crippen molar-refractivity contribution < 1.29 is 28.3 Å². The fraction of sp³-hybridized carbons (Fsp3) is 0.632. The van der Waals surface area contributed by atoms with Crippen molar-refractivity contribution in [3.8, 4) is 0 Å². The lowest BCUT2D eigenvalue weighted by molar-refractivity contribution is -0.151. The van der Waals surface area contributed by atoms with Crippen LogP contribution in [0.1, 0.15) is 36.5 Å². The topological polar surface area (TPSA) is 89.3 Å². The summed E-state index contributed by atoms with van der Waals surface area (Å²) in [4.78, 5) is 40.2. The molecule has 0 atom stereocenters. The summed E-state index contributed by atoms with van der Waals surface area (Å²) >= 11 is 0. The molecule has 0 aliphatic carbocycles. The predicted molar refractivity (Wildman–Crippen MR) is 97.0 cm³/mol. The average molecular weight is 380 g/mol. The summed E-state index contributed by atoms with van der Waals surface area (Å²) in [5.74, 6) is -0.509. The van der Waals surface area contributed by atoms with Gasteiger partial charge in [-0.05, 0) is 25.8 Å². The summed E-state index contributed by atoms with van der Waals surface area (Å²) in [5, 5.41) is 0. The van der Waals surface area contributed by atoms with E-state index in [1.165, 1.54) is 12.5 Å². The Bertz CT molecular complexity index is 608. The molecule has 2 heterocycles. The Kier molecular flexibility index (Phi) is 8.32. The smallest absolute Gasteiger partial charge is 0.309 e. The lowest BCUT2D eigenvalue weighted by atomic mass is 9.97. The molecule has 0 aromatic carbocycles. The Morgan fingerprint density at radius 2 is 2.00 bits per heavy atom. The number of hydrogen-bond donors (Lipinski definition) is 0. The molecule has 0 bridgehead atoms. The van der Waals surface area contributed by atoms with Crippen LogP contribution in [0.4, 0.5) is 0 Å². The van der Waals surface area contributed by atoms with Gasteiger partial charge < -0.3 is 23.7 Å². The highest BCUT2D eigenvalue weighted by Gasteiger charge is 2.28. The first kappa shape index (κ1) is 21.0. The molecule has 8 nitrogen and oxygen atoms in total. The minimum absolute atomic E-state index is 0.0141. The van der Waals surface area contributed by atoms with Crippen LogP contribution in [0.5, 0.6) is 0 Å². The van der Waals surface area contributed by atoms with Crippen LogP contribution in [0.3, 0.4) is 0 Å². The molecule has 1 aromatic heterocycles. The molecule has 150 valence electrons. The maximum Gasteiger partial charge on any atom is 0.309 e. The van der Waals surface area contributed by atoms with Gasteiger partial charge in [-0.2, -0.15) is 0 Å². The Balaban J connectivity index is 1.83. The zero-order valence-electron chi connectivity index (χ0n) is 16.0. The largest absolute Gasteiger partial charge is 0.472 e. The van der Waals surface area contributed by atoms with Crippen molar-refractivity contribution in [1.82, 2.24) is 9.80 Å². The second kappa shape index (κ2) is 10.7. The normalized spacial score (nSPS) is 14.8. The van der Waals surface area contributed by atoms with Gasteiger partial charge in [0.15, 0.2) is 0 Å². The zero-order chi connectivity index (χ0) is 19.6. The number of piperidine rings is 1. The fourth-order valence-corrected chi connectivity index (χ4v) is 3.10. The molecule has 8 heteroatoms. The molecule has 1 aliphatic heterocycles. The number of carbonyl (C=O) groups is 3. The lowest BCUT2D eigenvalue weighted by Crippen LogP contribution is -2.42. The summed E-state index contributed by atoms with van der Waals surface area (Å²) in [6.45, 7) is 4.34. The predicted octanol–water partition coefficient (Wildman–Crippen LogP) is 1.56. The van der Waals surface area contributed by atoms with E-state index in [9.17, 15) is 14.4 Å². The Morgan fingerprint density at radius 1 is 1.26 bits per heavy atom. The van der Waals surface area contributed by atoms with E-state index in [4.69, 9.17) is 13.9 Å². The number of furan rings is 1. The molecule has 1 aliphatic rings. The standard InChI is InChI=1S/C19H28N2O6/c1-3-27-19(24)15-4-8-20(9-5-15)17(22)6-10-21(11-13-25-2)18(23)16-7-12-26-14-16/h7,12,14-15H,3-6,8-11,13H2,1-2H3. The quantitative estimate of drug-likeness (QED) is 0.604. The minimum atomic E-state index is -0.186. The maximum atomic E-state index is 12.5. The van der Waals surface area contributed by atoms with Crippen molar-refractivity contribution in [2.75, 3.05) is 46.5 Å². The van der Waals surface area contributed by atoms with Gasteiger partial charge in [-0.3, -0.25) is 14.4 Å². The molecule has 2 rings (SSSR count). The van der Waals surface area contributed by atoms with Crippen LogP contribution in [0.2, 0.25) is 0 Å². The van der Waals surface area contributed by atoms with Gasteiger partial charge in [0, 0.05) is 39.7 Å². The second-order valence-electron chi connectivity index (χ2n) is 6.45. The summed E-state index contributed by atoms with van der Waals surface area (Å²) in [5.41, 5.74) is 0.453. The van der Waals surface area contributed by atoms with E-state index in [0.29, 0.717) is 57.8 Å². The van der Waals surface area contributed by atoms with E-state index in [-0.39, 0.29) is 30.1 Å². The number of hydrogen-bond acceptors (Lipinski definition) is 6. The average Bonchev–Trinajstić information content (AvgIpc) is 3.22. The molecule has 0 spiro atoms. The SMILES string of the molecule is CCOC(=O)C1CCN(C(=O)CCN(CCOC)C(=O)c2ccoc2)CC1. The number of amides is 2. The van der Waals surface area contributed by atoms with E-state index in [1.54, 1.807) is 29.9 Å². The number of methoxy groups -OCH3 is 1.